The van der Waals surface area contributed by atoms with Crippen molar-refractivity contribution in [3.63, 3.8) is 0 Å². The van der Waals surface area contributed by atoms with Gasteiger partial charge in [0.25, 0.3) is 0 Å². The molecule has 1 amide bonds. The maximum Gasteiger partial charge on any atom is 0.329 e. The molecule has 0 aliphatic rings. The number of carbonyl (C=O) groups excluding carboxylic acids is 1. The van der Waals surface area contributed by atoms with Crippen molar-refractivity contribution in [3.8, 4) is 0 Å². The van der Waals surface area contributed by atoms with Gasteiger partial charge in [-0.25, -0.2) is 4.79 Å². The van der Waals surface area contributed by atoms with Crippen molar-refractivity contribution in [2.75, 3.05) is 0 Å². The summed E-state index contributed by atoms with van der Waals surface area (Å²) in [6.45, 7) is 3.24. The molecule has 0 fully saturated rings. The second-order valence-electron chi connectivity index (χ2n) is 4.56. The first-order valence-corrected chi connectivity index (χ1v) is 5.89. The molecule has 1 heterocycles. The lowest BCUT2D eigenvalue weighted by Gasteiger charge is -2.24. The van der Waals surface area contributed by atoms with E-state index in [1.165, 1.54) is 6.92 Å². The maximum absolute atomic E-state index is 11.7. The summed E-state index contributed by atoms with van der Waals surface area (Å²) in [6, 6.07) is 0. The van der Waals surface area contributed by atoms with Crippen LogP contribution in [0, 0.1) is 0 Å². The molecule has 1 aromatic heterocycles. The van der Waals surface area contributed by atoms with Gasteiger partial charge in [-0.3, -0.25) is 9.48 Å². The molecule has 18 heavy (non-hydrogen) atoms. The third-order valence-electron chi connectivity index (χ3n) is 2.99. The zero-order valence-corrected chi connectivity index (χ0v) is 10.9. The molecule has 6 heteroatoms. The van der Waals surface area contributed by atoms with E-state index >= 15 is 0 Å². The van der Waals surface area contributed by atoms with Crippen LogP contribution in [0.25, 0.3) is 0 Å². The van der Waals surface area contributed by atoms with Crippen molar-refractivity contribution in [1.82, 2.24) is 15.1 Å². The van der Waals surface area contributed by atoms with Crippen LogP contribution in [0.4, 0.5) is 0 Å². The number of nitrogens with one attached hydrogen (secondary N) is 1. The smallest absolute Gasteiger partial charge is 0.329 e. The third-order valence-corrected chi connectivity index (χ3v) is 2.99. The molecule has 1 rings (SSSR count). The first kappa shape index (κ1) is 14.2. The van der Waals surface area contributed by atoms with Crippen LogP contribution in [0.5, 0.6) is 0 Å². The number of aromatic nitrogens is 2. The fourth-order valence-corrected chi connectivity index (χ4v) is 1.52. The number of aryl methyl sites for hydroxylation is 2. The number of aliphatic carboxylic acids is 1. The van der Waals surface area contributed by atoms with E-state index < -0.39 is 11.5 Å². The zero-order valence-electron chi connectivity index (χ0n) is 10.9. The largest absolute Gasteiger partial charge is 0.480 e. The Morgan fingerprint density at radius 2 is 2.22 bits per heavy atom. The van der Waals surface area contributed by atoms with Crippen LogP contribution in [-0.2, 0) is 23.1 Å². The fraction of sp³-hybridized carbons (Fsp3) is 0.583. The maximum atomic E-state index is 11.7. The van der Waals surface area contributed by atoms with Crippen molar-refractivity contribution < 1.29 is 14.7 Å². The van der Waals surface area contributed by atoms with Crippen molar-refractivity contribution >= 4 is 11.9 Å². The van der Waals surface area contributed by atoms with Crippen LogP contribution < -0.4 is 5.32 Å². The molecule has 0 radical (unpaired) electrons. The van der Waals surface area contributed by atoms with Crippen LogP contribution in [0.1, 0.15) is 32.3 Å². The predicted molar refractivity (Wildman–Crippen MR) is 66.0 cm³/mol. The fourth-order valence-electron chi connectivity index (χ4n) is 1.52. The van der Waals surface area contributed by atoms with E-state index in [-0.39, 0.29) is 12.3 Å². The number of hydrogen-bond acceptors (Lipinski definition) is 3. The van der Waals surface area contributed by atoms with E-state index in [0.717, 1.165) is 5.56 Å². The van der Waals surface area contributed by atoms with Gasteiger partial charge in [-0.05, 0) is 25.3 Å². The number of carbonyl (C=O) groups is 2. The molecule has 0 spiro atoms. The number of carboxylic acid groups (broad SMARTS) is 1. The molecule has 1 aromatic rings. The molecule has 100 valence electrons. The van der Waals surface area contributed by atoms with Gasteiger partial charge in [0.05, 0.1) is 6.20 Å². The molecule has 0 saturated heterocycles. The van der Waals surface area contributed by atoms with E-state index in [2.05, 4.69) is 10.4 Å². The lowest BCUT2D eigenvalue weighted by Crippen LogP contribution is -2.51. The molecule has 6 nitrogen and oxygen atoms in total. The minimum Gasteiger partial charge on any atom is -0.480 e. The Balaban J connectivity index is 2.49. The molecule has 0 saturated carbocycles. The normalized spacial score (nSPS) is 13.9. The van der Waals surface area contributed by atoms with Gasteiger partial charge in [0, 0.05) is 19.7 Å². The van der Waals surface area contributed by atoms with Crippen LogP contribution in [0.15, 0.2) is 12.4 Å². The lowest BCUT2D eigenvalue weighted by atomic mass is 9.99. The molecular weight excluding hydrogens is 234 g/mol. The topological polar surface area (TPSA) is 84.2 Å². The molecule has 0 bridgehead atoms. The highest BCUT2D eigenvalue weighted by Gasteiger charge is 2.32. The van der Waals surface area contributed by atoms with Gasteiger partial charge in [0.15, 0.2) is 0 Å². The van der Waals surface area contributed by atoms with E-state index in [1.807, 2.05) is 13.2 Å². The highest BCUT2D eigenvalue weighted by Crippen LogP contribution is 2.10. The quantitative estimate of drug-likeness (QED) is 0.782. The molecule has 1 unspecified atom stereocenters. The van der Waals surface area contributed by atoms with Gasteiger partial charge in [-0.15, -0.1) is 0 Å². The van der Waals surface area contributed by atoms with Gasteiger partial charge in [0.2, 0.25) is 5.91 Å². The van der Waals surface area contributed by atoms with Gasteiger partial charge >= 0.3 is 5.97 Å². The van der Waals surface area contributed by atoms with Crippen LogP contribution >= 0.6 is 0 Å². The summed E-state index contributed by atoms with van der Waals surface area (Å²) in [7, 11) is 1.81. The lowest BCUT2D eigenvalue weighted by molar-refractivity contribution is -0.147. The predicted octanol–water partition coefficient (Wildman–Crippen LogP) is 0.722. The average molecular weight is 253 g/mol. The highest BCUT2D eigenvalue weighted by molar-refractivity contribution is 5.86. The van der Waals surface area contributed by atoms with E-state index in [4.69, 9.17) is 5.11 Å². The second-order valence-corrected chi connectivity index (χ2v) is 4.56. The standard InChI is InChI=1S/C12H19N3O3/c1-4-12(2,11(17)18)14-10(16)6-5-9-7-13-15(3)8-9/h7-8H,4-6H2,1-3H3,(H,14,16)(H,17,18). The minimum absolute atomic E-state index is 0.258. The van der Waals surface area contributed by atoms with Gasteiger partial charge in [0.1, 0.15) is 5.54 Å². The Morgan fingerprint density at radius 1 is 1.56 bits per heavy atom. The summed E-state index contributed by atoms with van der Waals surface area (Å²) in [5.41, 5.74) is -0.229. The first-order chi connectivity index (χ1) is 8.37. The van der Waals surface area contributed by atoms with Crippen LogP contribution in [0.2, 0.25) is 0 Å². The van der Waals surface area contributed by atoms with Gasteiger partial charge < -0.3 is 10.4 Å². The molecular formula is C12H19N3O3. The van der Waals surface area contributed by atoms with Gasteiger partial charge in [-0.2, -0.15) is 5.10 Å². The molecule has 0 aliphatic carbocycles. The second kappa shape index (κ2) is 5.66. The number of rotatable bonds is 6. The Bertz CT molecular complexity index is 442. The number of hydrogen-bond donors (Lipinski definition) is 2. The van der Waals surface area contributed by atoms with Crippen molar-refractivity contribution in [3.05, 3.63) is 18.0 Å². The van der Waals surface area contributed by atoms with E-state index in [1.54, 1.807) is 17.8 Å². The number of carboxylic acids is 1. The molecule has 0 aromatic carbocycles. The van der Waals surface area contributed by atoms with E-state index in [9.17, 15) is 9.59 Å². The summed E-state index contributed by atoms with van der Waals surface area (Å²) in [5.74, 6) is -1.27. The van der Waals surface area contributed by atoms with Crippen LogP contribution in [-0.4, -0.2) is 32.3 Å². The summed E-state index contributed by atoms with van der Waals surface area (Å²) in [4.78, 5) is 22.7. The van der Waals surface area contributed by atoms with Crippen molar-refractivity contribution in [2.45, 2.75) is 38.6 Å². The Hall–Kier alpha value is -1.85. The minimum atomic E-state index is -1.19. The average Bonchev–Trinajstić information content (AvgIpc) is 2.72. The zero-order chi connectivity index (χ0) is 13.8. The van der Waals surface area contributed by atoms with Crippen molar-refractivity contribution in [1.29, 1.82) is 0 Å². The SMILES string of the molecule is CCC(C)(NC(=O)CCc1cnn(C)c1)C(=O)O. The van der Waals surface area contributed by atoms with E-state index in [0.29, 0.717) is 12.8 Å². The van der Waals surface area contributed by atoms with Gasteiger partial charge in [-0.1, -0.05) is 6.92 Å². The summed E-state index contributed by atoms with van der Waals surface area (Å²) < 4.78 is 1.67. The highest BCUT2D eigenvalue weighted by atomic mass is 16.4. The summed E-state index contributed by atoms with van der Waals surface area (Å²) in [5, 5.41) is 15.6. The Morgan fingerprint density at radius 3 is 2.67 bits per heavy atom. The summed E-state index contributed by atoms with van der Waals surface area (Å²) in [6.07, 6.45) is 4.70. The third kappa shape index (κ3) is 3.58. The first-order valence-electron chi connectivity index (χ1n) is 5.89. The number of nitrogens with zero attached hydrogens (tertiary/aromatic N) is 2. The Labute approximate surface area is 106 Å². The molecule has 1 atom stereocenters. The Kier molecular flexibility index (Phi) is 4.47. The number of amides is 1. The monoisotopic (exact) mass is 253 g/mol. The molecule has 2 N–H and O–H groups in total. The molecule has 0 aliphatic heterocycles. The van der Waals surface area contributed by atoms with Crippen LogP contribution in [0.3, 0.4) is 0 Å². The summed E-state index contributed by atoms with van der Waals surface area (Å²) >= 11 is 0. The van der Waals surface area contributed by atoms with Crippen molar-refractivity contribution in [2.24, 2.45) is 7.05 Å².